The summed E-state index contributed by atoms with van der Waals surface area (Å²) in [6.07, 6.45) is 1.75. The molecule has 0 amide bonds. The fourth-order valence-electron chi connectivity index (χ4n) is 1.59. The van der Waals surface area contributed by atoms with Crippen molar-refractivity contribution < 1.29 is 24.5 Å². The average molecular weight is 282 g/mol. The van der Waals surface area contributed by atoms with Gasteiger partial charge in [-0.3, -0.25) is 0 Å². The molecule has 19 heavy (non-hydrogen) atoms. The van der Waals surface area contributed by atoms with Crippen LogP contribution in [0.25, 0.3) is 0 Å². The zero-order valence-electron chi connectivity index (χ0n) is 10.3. The summed E-state index contributed by atoms with van der Waals surface area (Å²) < 4.78 is 5.16. The summed E-state index contributed by atoms with van der Waals surface area (Å²) in [4.78, 5) is 22.8. The molecule has 1 aromatic rings. The minimum absolute atomic E-state index is 0.190. The third-order valence-corrected chi connectivity index (χ3v) is 2.44. The fourth-order valence-corrected chi connectivity index (χ4v) is 1.66. The second-order valence-corrected chi connectivity index (χ2v) is 4.54. The van der Waals surface area contributed by atoms with Gasteiger partial charge in [0.2, 0.25) is 0 Å². The monoisotopic (exact) mass is 282 g/mol. The van der Waals surface area contributed by atoms with Crippen molar-refractivity contribution in [1.82, 2.24) is 0 Å². The summed E-state index contributed by atoms with van der Waals surface area (Å²) in [5.74, 6) is -2.51. The molecular weight excluding hydrogens is 268 g/mol. The molecule has 0 radical (unpaired) electrons. The topological polar surface area (TPSA) is 83.8 Å². The van der Waals surface area contributed by atoms with Gasteiger partial charge in [-0.25, -0.2) is 9.59 Å². The number of thiol groups is 1. The second-order valence-electron chi connectivity index (χ2n) is 3.83. The first-order chi connectivity index (χ1) is 8.93. The molecule has 0 atom stereocenters. The second kappa shape index (κ2) is 6.84. The van der Waals surface area contributed by atoms with E-state index >= 15 is 0 Å². The normalized spacial score (nSPS) is 11.2. The molecule has 0 aliphatic rings. The molecule has 0 saturated heterocycles. The highest BCUT2D eigenvalue weighted by Crippen LogP contribution is 2.16. The standard InChI is InChI=1S/C13H14O5S/c1-8(19)7-18-6-5-9-3-2-4-10(12(14)15)11(9)13(16)17/h2-4,7,19H,5-6H2,1H3,(H,14,15)(H,16,17). The molecule has 0 heterocycles. The lowest BCUT2D eigenvalue weighted by Gasteiger charge is -2.09. The number of benzene rings is 1. The molecule has 0 saturated carbocycles. The SMILES string of the molecule is CC(S)=COCCc1cccc(C(=O)O)c1C(=O)O. The molecule has 0 spiro atoms. The van der Waals surface area contributed by atoms with Gasteiger partial charge in [-0.05, 0) is 18.6 Å². The van der Waals surface area contributed by atoms with E-state index in [9.17, 15) is 9.59 Å². The molecule has 1 rings (SSSR count). The molecular formula is C13H14O5S. The summed E-state index contributed by atoms with van der Waals surface area (Å²) >= 11 is 4.02. The van der Waals surface area contributed by atoms with Crippen LogP contribution in [-0.2, 0) is 11.2 Å². The maximum Gasteiger partial charge on any atom is 0.336 e. The third kappa shape index (κ3) is 4.33. The fraction of sp³-hybridized carbons (Fsp3) is 0.231. The number of rotatable bonds is 6. The summed E-state index contributed by atoms with van der Waals surface area (Å²) in [6, 6.07) is 4.37. The molecule has 1 aromatic carbocycles. The Morgan fingerprint density at radius 3 is 2.53 bits per heavy atom. The summed E-state index contributed by atoms with van der Waals surface area (Å²) in [6.45, 7) is 2.00. The van der Waals surface area contributed by atoms with Crippen LogP contribution in [-0.4, -0.2) is 28.8 Å². The van der Waals surface area contributed by atoms with Gasteiger partial charge in [0, 0.05) is 11.3 Å². The Kier molecular flexibility index (Phi) is 5.44. The number of hydrogen-bond donors (Lipinski definition) is 3. The maximum atomic E-state index is 11.2. The van der Waals surface area contributed by atoms with Gasteiger partial charge >= 0.3 is 11.9 Å². The summed E-state index contributed by atoms with van der Waals surface area (Å²) in [7, 11) is 0. The third-order valence-electron chi connectivity index (χ3n) is 2.34. The number of carboxylic acids is 2. The Morgan fingerprint density at radius 1 is 1.32 bits per heavy atom. The quantitative estimate of drug-likeness (QED) is 0.424. The van der Waals surface area contributed by atoms with Crippen molar-refractivity contribution in [2.45, 2.75) is 13.3 Å². The predicted octanol–water partition coefficient (Wildman–Crippen LogP) is 2.43. The first-order valence-corrected chi connectivity index (χ1v) is 5.94. The van der Waals surface area contributed by atoms with E-state index in [0.717, 1.165) is 0 Å². The smallest absolute Gasteiger partial charge is 0.336 e. The van der Waals surface area contributed by atoms with Crippen molar-refractivity contribution in [1.29, 1.82) is 0 Å². The van der Waals surface area contributed by atoms with Gasteiger partial charge in [0.25, 0.3) is 0 Å². The average Bonchev–Trinajstić information content (AvgIpc) is 2.33. The van der Waals surface area contributed by atoms with Crippen LogP contribution in [0.15, 0.2) is 29.4 Å². The number of hydrogen-bond acceptors (Lipinski definition) is 4. The number of aromatic carboxylic acids is 2. The van der Waals surface area contributed by atoms with E-state index in [-0.39, 0.29) is 17.7 Å². The Morgan fingerprint density at radius 2 is 2.00 bits per heavy atom. The van der Waals surface area contributed by atoms with Gasteiger partial charge in [0.05, 0.1) is 24.0 Å². The number of allylic oxidation sites excluding steroid dienone is 1. The van der Waals surface area contributed by atoms with E-state index in [1.165, 1.54) is 18.4 Å². The lowest BCUT2D eigenvalue weighted by molar-refractivity contribution is 0.0650. The van der Waals surface area contributed by atoms with Gasteiger partial charge in [0.15, 0.2) is 0 Å². The molecule has 5 nitrogen and oxygen atoms in total. The largest absolute Gasteiger partial charge is 0.500 e. The van der Waals surface area contributed by atoms with Gasteiger partial charge in [0.1, 0.15) is 0 Å². The Bertz CT molecular complexity index is 518. The van der Waals surface area contributed by atoms with Crippen LogP contribution in [0.3, 0.4) is 0 Å². The van der Waals surface area contributed by atoms with Crippen molar-refractivity contribution >= 4 is 24.6 Å². The van der Waals surface area contributed by atoms with E-state index in [0.29, 0.717) is 16.9 Å². The van der Waals surface area contributed by atoms with Crippen LogP contribution >= 0.6 is 12.6 Å². The predicted molar refractivity (Wildman–Crippen MR) is 72.8 cm³/mol. The highest BCUT2D eigenvalue weighted by atomic mass is 32.1. The van der Waals surface area contributed by atoms with Crippen molar-refractivity contribution in [3.63, 3.8) is 0 Å². The van der Waals surface area contributed by atoms with E-state index < -0.39 is 11.9 Å². The Labute approximate surface area is 115 Å². The summed E-state index contributed by atoms with van der Waals surface area (Å²) in [5, 5.41) is 18.1. The van der Waals surface area contributed by atoms with E-state index in [1.54, 1.807) is 13.0 Å². The van der Waals surface area contributed by atoms with Crippen LogP contribution in [0.1, 0.15) is 33.2 Å². The zero-order valence-corrected chi connectivity index (χ0v) is 11.2. The van der Waals surface area contributed by atoms with Crippen LogP contribution in [0.2, 0.25) is 0 Å². The van der Waals surface area contributed by atoms with Crippen molar-refractivity contribution in [3.8, 4) is 0 Å². The van der Waals surface area contributed by atoms with Crippen molar-refractivity contribution in [2.24, 2.45) is 0 Å². The molecule has 0 aliphatic heterocycles. The number of carbonyl (C=O) groups is 2. The van der Waals surface area contributed by atoms with Crippen LogP contribution in [0, 0.1) is 0 Å². The van der Waals surface area contributed by atoms with Gasteiger partial charge in [-0.15, -0.1) is 12.6 Å². The first kappa shape index (κ1) is 15.1. The van der Waals surface area contributed by atoms with Crippen LogP contribution in [0.5, 0.6) is 0 Å². The van der Waals surface area contributed by atoms with Crippen molar-refractivity contribution in [2.75, 3.05) is 6.61 Å². The highest BCUT2D eigenvalue weighted by molar-refractivity contribution is 7.84. The molecule has 2 N–H and O–H groups in total. The summed E-state index contributed by atoms with van der Waals surface area (Å²) in [5.41, 5.74) is 0.0220. The maximum absolute atomic E-state index is 11.2. The van der Waals surface area contributed by atoms with Crippen molar-refractivity contribution in [3.05, 3.63) is 46.1 Å². The zero-order chi connectivity index (χ0) is 14.4. The lowest BCUT2D eigenvalue weighted by atomic mass is 9.99. The Balaban J connectivity index is 2.94. The number of carboxylic acid groups (broad SMARTS) is 2. The molecule has 0 unspecified atom stereocenters. The molecule has 0 aliphatic carbocycles. The number of ether oxygens (including phenoxy) is 1. The minimum Gasteiger partial charge on any atom is -0.500 e. The molecule has 102 valence electrons. The first-order valence-electron chi connectivity index (χ1n) is 5.49. The molecule has 0 fully saturated rings. The van der Waals surface area contributed by atoms with E-state index in [1.807, 2.05) is 0 Å². The van der Waals surface area contributed by atoms with Crippen LogP contribution < -0.4 is 0 Å². The Hall–Kier alpha value is -1.95. The lowest BCUT2D eigenvalue weighted by Crippen LogP contribution is -2.12. The molecule has 6 heteroatoms. The van der Waals surface area contributed by atoms with Gasteiger partial charge in [-0.1, -0.05) is 12.1 Å². The molecule has 0 bridgehead atoms. The minimum atomic E-state index is -1.26. The van der Waals surface area contributed by atoms with E-state index in [2.05, 4.69) is 12.6 Å². The van der Waals surface area contributed by atoms with Gasteiger partial charge in [-0.2, -0.15) is 0 Å². The highest BCUT2D eigenvalue weighted by Gasteiger charge is 2.19. The van der Waals surface area contributed by atoms with Gasteiger partial charge < -0.3 is 14.9 Å². The molecule has 0 aromatic heterocycles. The van der Waals surface area contributed by atoms with Crippen LogP contribution in [0.4, 0.5) is 0 Å². The van der Waals surface area contributed by atoms with E-state index in [4.69, 9.17) is 14.9 Å².